The zero-order valence-electron chi connectivity index (χ0n) is 14.1. The average Bonchev–Trinajstić information content (AvgIpc) is 3.43. The summed E-state index contributed by atoms with van der Waals surface area (Å²) in [6, 6.07) is 20.2. The van der Waals surface area contributed by atoms with Gasteiger partial charge in [0, 0.05) is 17.8 Å². The zero-order chi connectivity index (χ0) is 15.9. The lowest BCUT2D eigenvalue weighted by atomic mass is 9.97. The molecule has 2 aromatic rings. The van der Waals surface area contributed by atoms with E-state index in [1.807, 2.05) is 0 Å². The smallest absolute Gasteiger partial charge is 0.0670 e. The number of anilines is 1. The summed E-state index contributed by atoms with van der Waals surface area (Å²) in [6.45, 7) is 2.16. The van der Waals surface area contributed by atoms with Gasteiger partial charge in [0.1, 0.15) is 0 Å². The molecule has 122 valence electrons. The number of hydrazine groups is 1. The van der Waals surface area contributed by atoms with Gasteiger partial charge in [0.2, 0.25) is 0 Å². The highest BCUT2D eigenvalue weighted by atomic mass is 15.6. The lowest BCUT2D eigenvalue weighted by Gasteiger charge is -2.36. The van der Waals surface area contributed by atoms with Gasteiger partial charge in [-0.2, -0.15) is 0 Å². The molecule has 0 N–H and O–H groups in total. The number of fused-ring (bicyclic) bond motifs is 1. The molecule has 2 nitrogen and oxygen atoms in total. The lowest BCUT2D eigenvalue weighted by molar-refractivity contribution is 0.294. The summed E-state index contributed by atoms with van der Waals surface area (Å²) >= 11 is 0. The number of benzene rings is 2. The minimum absolute atomic E-state index is 0.824. The van der Waals surface area contributed by atoms with Crippen LogP contribution in [0.1, 0.15) is 49.1 Å². The summed E-state index contributed by atoms with van der Waals surface area (Å²) < 4.78 is 0. The van der Waals surface area contributed by atoms with Crippen molar-refractivity contribution < 1.29 is 0 Å². The van der Waals surface area contributed by atoms with Gasteiger partial charge in [-0.05, 0) is 61.3 Å². The average molecular weight is 316 g/mol. The van der Waals surface area contributed by atoms with E-state index in [0.717, 1.165) is 19.0 Å². The largest absolute Gasteiger partial charge is 0.289 e. The highest BCUT2D eigenvalue weighted by Crippen LogP contribution is 2.43. The maximum atomic E-state index is 2.54. The fourth-order valence-corrected chi connectivity index (χ4v) is 4.20. The highest BCUT2D eigenvalue weighted by Gasteiger charge is 2.33. The molecule has 0 aromatic heterocycles. The fraction of sp³-hybridized carbons (Fsp3) is 0.364. The Morgan fingerprint density at radius 1 is 0.833 bits per heavy atom. The molecule has 0 radical (unpaired) electrons. The molecule has 0 amide bonds. The second kappa shape index (κ2) is 5.70. The third kappa shape index (κ3) is 2.41. The van der Waals surface area contributed by atoms with E-state index in [4.69, 9.17) is 0 Å². The predicted molar refractivity (Wildman–Crippen MR) is 99.7 cm³/mol. The van der Waals surface area contributed by atoms with E-state index in [0.29, 0.717) is 0 Å². The van der Waals surface area contributed by atoms with Crippen LogP contribution in [-0.4, -0.2) is 18.1 Å². The van der Waals surface area contributed by atoms with Crippen molar-refractivity contribution in [2.24, 2.45) is 0 Å². The van der Waals surface area contributed by atoms with E-state index >= 15 is 0 Å². The van der Waals surface area contributed by atoms with Gasteiger partial charge in [0.25, 0.3) is 0 Å². The molecule has 24 heavy (non-hydrogen) atoms. The molecular weight excluding hydrogens is 292 g/mol. The molecule has 2 heteroatoms. The Bertz CT molecular complexity index is 774. The third-order valence-corrected chi connectivity index (χ3v) is 5.63. The van der Waals surface area contributed by atoms with Gasteiger partial charge in [-0.1, -0.05) is 42.5 Å². The van der Waals surface area contributed by atoms with Gasteiger partial charge in [0.15, 0.2) is 0 Å². The number of allylic oxidation sites excluding steroid dienone is 1. The Morgan fingerprint density at radius 3 is 2.54 bits per heavy atom. The zero-order valence-corrected chi connectivity index (χ0v) is 14.1. The molecule has 2 aliphatic heterocycles. The summed E-state index contributed by atoms with van der Waals surface area (Å²) in [7, 11) is 0. The van der Waals surface area contributed by atoms with Crippen LogP contribution in [0.4, 0.5) is 5.69 Å². The van der Waals surface area contributed by atoms with Crippen LogP contribution in [0.5, 0.6) is 0 Å². The van der Waals surface area contributed by atoms with Gasteiger partial charge in [0.05, 0.1) is 12.2 Å². The van der Waals surface area contributed by atoms with Crippen molar-refractivity contribution in [2.45, 2.75) is 38.0 Å². The van der Waals surface area contributed by atoms with Crippen LogP contribution in [0.15, 0.2) is 60.3 Å². The summed E-state index contributed by atoms with van der Waals surface area (Å²) in [6.07, 6.45) is 6.57. The Hall–Kier alpha value is -2.22. The second-order valence-corrected chi connectivity index (χ2v) is 7.30. The molecule has 0 spiro atoms. The van der Waals surface area contributed by atoms with E-state index in [1.165, 1.54) is 43.4 Å². The van der Waals surface area contributed by atoms with Crippen molar-refractivity contribution in [2.75, 3.05) is 18.1 Å². The van der Waals surface area contributed by atoms with Crippen LogP contribution in [0.3, 0.4) is 0 Å². The first-order valence-electron chi connectivity index (χ1n) is 9.32. The molecule has 5 rings (SSSR count). The van der Waals surface area contributed by atoms with Crippen molar-refractivity contribution in [3.63, 3.8) is 0 Å². The Balaban J connectivity index is 1.53. The first-order valence-corrected chi connectivity index (χ1v) is 9.32. The van der Waals surface area contributed by atoms with E-state index in [2.05, 4.69) is 64.6 Å². The van der Waals surface area contributed by atoms with Crippen LogP contribution < -0.4 is 5.01 Å². The monoisotopic (exact) mass is 316 g/mol. The topological polar surface area (TPSA) is 6.48 Å². The molecule has 2 fully saturated rings. The molecule has 2 aromatic carbocycles. The number of nitrogens with zero attached hydrogens (tertiary/aromatic N) is 2. The maximum absolute atomic E-state index is 2.54. The Labute approximate surface area is 144 Å². The molecule has 2 heterocycles. The molecule has 0 bridgehead atoms. The van der Waals surface area contributed by atoms with Gasteiger partial charge in [-0.15, -0.1) is 0 Å². The standard InChI is InChI=1S/C22H24N2/c1-2-9-20(10-3-1)24-16-21(22-11-4-5-14-23(22)24)19-8-6-7-18(15-19)17-12-13-17/h1-3,6-10,15,17H,4-5,11-14,16H2. The lowest BCUT2D eigenvalue weighted by Crippen LogP contribution is -2.39. The number of rotatable bonds is 3. The van der Waals surface area contributed by atoms with E-state index in [9.17, 15) is 0 Å². The third-order valence-electron chi connectivity index (χ3n) is 5.63. The number of hydrogen-bond donors (Lipinski definition) is 0. The molecule has 0 atom stereocenters. The van der Waals surface area contributed by atoms with E-state index in [1.54, 1.807) is 16.8 Å². The van der Waals surface area contributed by atoms with Crippen LogP contribution in [0, 0.1) is 0 Å². The van der Waals surface area contributed by atoms with E-state index < -0.39 is 0 Å². The molecule has 0 unspecified atom stereocenters. The van der Waals surface area contributed by atoms with E-state index in [-0.39, 0.29) is 0 Å². The molecule has 1 aliphatic carbocycles. The number of piperidine rings is 1. The summed E-state index contributed by atoms with van der Waals surface area (Å²) in [4.78, 5) is 0. The van der Waals surface area contributed by atoms with Crippen molar-refractivity contribution >= 4 is 11.3 Å². The van der Waals surface area contributed by atoms with Gasteiger partial charge in [-0.3, -0.25) is 10.0 Å². The van der Waals surface area contributed by atoms with Crippen LogP contribution >= 0.6 is 0 Å². The molecular formula is C22H24N2. The van der Waals surface area contributed by atoms with Gasteiger partial charge >= 0.3 is 0 Å². The number of hydrogen-bond acceptors (Lipinski definition) is 2. The highest BCUT2D eigenvalue weighted by molar-refractivity contribution is 5.76. The number of para-hydroxylation sites is 1. The maximum Gasteiger partial charge on any atom is 0.0670 e. The first-order chi connectivity index (χ1) is 11.9. The summed E-state index contributed by atoms with van der Waals surface area (Å²) in [5.74, 6) is 0.824. The molecule has 1 saturated heterocycles. The van der Waals surface area contributed by atoms with Crippen LogP contribution in [0.2, 0.25) is 0 Å². The van der Waals surface area contributed by atoms with Gasteiger partial charge < -0.3 is 0 Å². The predicted octanol–water partition coefficient (Wildman–Crippen LogP) is 5.20. The quantitative estimate of drug-likeness (QED) is 0.768. The summed E-state index contributed by atoms with van der Waals surface area (Å²) in [5.41, 5.74) is 7.39. The minimum atomic E-state index is 0.824. The van der Waals surface area contributed by atoms with Crippen molar-refractivity contribution in [3.8, 4) is 0 Å². The van der Waals surface area contributed by atoms with Crippen molar-refractivity contribution in [1.82, 2.24) is 5.01 Å². The van der Waals surface area contributed by atoms with Crippen LogP contribution in [-0.2, 0) is 0 Å². The Kier molecular flexibility index (Phi) is 3.36. The Morgan fingerprint density at radius 2 is 1.71 bits per heavy atom. The van der Waals surface area contributed by atoms with Crippen molar-refractivity contribution in [1.29, 1.82) is 0 Å². The minimum Gasteiger partial charge on any atom is -0.289 e. The summed E-state index contributed by atoms with van der Waals surface area (Å²) in [5, 5.41) is 5.02. The van der Waals surface area contributed by atoms with Crippen molar-refractivity contribution in [3.05, 3.63) is 71.4 Å². The SMILES string of the molecule is c1ccc(N2CC(c3cccc(C4CC4)c3)=C3CCCCN32)cc1. The second-order valence-electron chi connectivity index (χ2n) is 7.30. The molecule has 1 saturated carbocycles. The van der Waals surface area contributed by atoms with Gasteiger partial charge in [-0.25, -0.2) is 0 Å². The normalized spacial score (nSPS) is 20.5. The first kappa shape index (κ1) is 14.2. The van der Waals surface area contributed by atoms with Crippen LogP contribution in [0.25, 0.3) is 5.57 Å². The molecule has 3 aliphatic rings. The fourth-order valence-electron chi connectivity index (χ4n) is 4.20.